The Hall–Kier alpha value is -2.06. The average Bonchev–Trinajstić information content (AvgIpc) is 3.65. The van der Waals surface area contributed by atoms with Crippen molar-refractivity contribution >= 4 is 11.9 Å². The summed E-state index contributed by atoms with van der Waals surface area (Å²) in [6, 6.07) is 0. The Bertz CT molecular complexity index is 1590. The third-order valence-corrected chi connectivity index (χ3v) is 14.4. The zero-order valence-electron chi connectivity index (χ0n) is 34.8. The van der Waals surface area contributed by atoms with Crippen LogP contribution in [0.3, 0.4) is 0 Å². The third-order valence-electron chi connectivity index (χ3n) is 14.4. The largest absolute Gasteiger partial charge is 0.459 e. The number of carbonyl (C=O) groups is 2. The van der Waals surface area contributed by atoms with E-state index in [2.05, 4.69) is 13.0 Å². The number of aliphatic hydroxyl groups excluding tert-OH is 2. The van der Waals surface area contributed by atoms with Crippen molar-refractivity contribution in [3.8, 4) is 0 Å². The zero-order chi connectivity index (χ0) is 41.3. The summed E-state index contributed by atoms with van der Waals surface area (Å²) < 4.78 is 72.7. The Morgan fingerprint density at radius 2 is 1.47 bits per heavy atom. The van der Waals surface area contributed by atoms with Crippen molar-refractivity contribution in [1.82, 2.24) is 0 Å². The molecule has 0 bridgehead atoms. The molecule has 0 aromatic carbocycles. The van der Waals surface area contributed by atoms with Crippen molar-refractivity contribution < 1.29 is 76.6 Å². The lowest BCUT2D eigenvalue weighted by Crippen LogP contribution is -2.61. The molecule has 1 saturated carbocycles. The van der Waals surface area contributed by atoms with Gasteiger partial charge in [0.1, 0.15) is 36.6 Å². The Morgan fingerprint density at radius 3 is 2.19 bits per heavy atom. The second-order valence-electron chi connectivity index (χ2n) is 17.8. The van der Waals surface area contributed by atoms with E-state index in [1.165, 1.54) is 12.7 Å². The lowest BCUT2D eigenvalue weighted by molar-refractivity contribution is -0.353. The van der Waals surface area contributed by atoms with Crippen LogP contribution in [0.2, 0.25) is 0 Å². The van der Waals surface area contributed by atoms with Crippen molar-refractivity contribution in [2.24, 2.45) is 23.2 Å². The summed E-state index contributed by atoms with van der Waals surface area (Å²) >= 11 is 0. The molecule has 16 nitrogen and oxygen atoms in total. The van der Waals surface area contributed by atoms with Crippen molar-refractivity contribution in [1.29, 1.82) is 0 Å². The third kappa shape index (κ3) is 7.61. The molecular formula is C42H62O16. The first-order valence-corrected chi connectivity index (χ1v) is 21.0. The Kier molecular flexibility index (Phi) is 12.2. The molecule has 6 heterocycles. The molecule has 0 aromatic heterocycles. The molecule has 20 atom stereocenters. The van der Waals surface area contributed by atoms with E-state index in [1.807, 2.05) is 19.9 Å². The van der Waals surface area contributed by atoms with Crippen molar-refractivity contribution in [2.75, 3.05) is 27.9 Å². The highest BCUT2D eigenvalue weighted by Crippen LogP contribution is 2.56. The number of rotatable bonds is 9. The van der Waals surface area contributed by atoms with Gasteiger partial charge in [-0.05, 0) is 64.2 Å². The number of hydrogen-bond acceptors (Lipinski definition) is 16. The molecule has 58 heavy (non-hydrogen) atoms. The monoisotopic (exact) mass is 822 g/mol. The van der Waals surface area contributed by atoms with Gasteiger partial charge in [-0.15, -0.1) is 0 Å². The van der Waals surface area contributed by atoms with E-state index in [1.54, 1.807) is 28.1 Å². The Labute approximate surface area is 340 Å². The molecule has 0 radical (unpaired) electrons. The van der Waals surface area contributed by atoms with Crippen molar-refractivity contribution in [3.05, 3.63) is 23.3 Å². The average molecular weight is 823 g/mol. The first-order chi connectivity index (χ1) is 27.7. The minimum atomic E-state index is -1.16. The highest BCUT2D eigenvalue weighted by atomic mass is 16.8. The summed E-state index contributed by atoms with van der Waals surface area (Å²) in [5.74, 6) is -2.67. The molecule has 5 saturated heterocycles. The summed E-state index contributed by atoms with van der Waals surface area (Å²) in [7, 11) is 4.70. The predicted octanol–water partition coefficient (Wildman–Crippen LogP) is 2.84. The first kappa shape index (κ1) is 42.6. The van der Waals surface area contributed by atoms with E-state index >= 15 is 0 Å². The van der Waals surface area contributed by atoms with E-state index in [4.69, 9.17) is 56.8 Å². The van der Waals surface area contributed by atoms with Gasteiger partial charge < -0.3 is 67.1 Å². The molecule has 8 aliphatic rings. The first-order valence-electron chi connectivity index (χ1n) is 21.0. The molecule has 8 rings (SSSR count). The SMILES string of the molecule is CO[C@H]1[C@H](O)[C@@H](O[C@H]2CC[C@@]3(C)C(=CC[C@H]4C(=O)O[C@H]5CO[C@]6(C)OC(=O)/C(=C/C[C@@H]43)[C@H]56)C2)O[C@@H](C)[C@@H]1O[C@H]1C[C@@H](OC)[C@H](O[C@H]2C[C@@H](OC)[C@H](O)[C@@H](C)O2)[C@@H](C)O1. The molecule has 6 fully saturated rings. The Balaban J connectivity index is 0.889. The van der Waals surface area contributed by atoms with Crippen LogP contribution in [0.1, 0.15) is 79.6 Å². The summed E-state index contributed by atoms with van der Waals surface area (Å²) in [5, 5.41) is 22.0. The summed E-state index contributed by atoms with van der Waals surface area (Å²) in [6.07, 6.45) is -1.34. The Morgan fingerprint density at radius 1 is 0.776 bits per heavy atom. The fraction of sp³-hybridized carbons (Fsp3) is 0.857. The topological polar surface area (TPSA) is 185 Å². The maximum absolute atomic E-state index is 13.7. The maximum atomic E-state index is 13.7. The van der Waals surface area contributed by atoms with Gasteiger partial charge in [0, 0.05) is 46.7 Å². The van der Waals surface area contributed by atoms with E-state index in [-0.39, 0.29) is 35.9 Å². The number of esters is 2. The molecule has 326 valence electrons. The lowest BCUT2D eigenvalue weighted by atomic mass is 9.55. The van der Waals surface area contributed by atoms with E-state index in [0.717, 1.165) is 6.42 Å². The van der Waals surface area contributed by atoms with E-state index in [9.17, 15) is 19.8 Å². The van der Waals surface area contributed by atoms with Crippen molar-refractivity contribution in [2.45, 2.75) is 177 Å². The maximum Gasteiger partial charge on any atom is 0.336 e. The van der Waals surface area contributed by atoms with Crippen LogP contribution in [0.15, 0.2) is 23.3 Å². The summed E-state index contributed by atoms with van der Waals surface area (Å²) in [5.41, 5.74) is 1.40. The molecule has 6 aliphatic heterocycles. The number of methoxy groups -OCH3 is 3. The van der Waals surface area contributed by atoms with Crippen LogP contribution >= 0.6 is 0 Å². The van der Waals surface area contributed by atoms with Gasteiger partial charge in [-0.3, -0.25) is 4.79 Å². The highest BCUT2D eigenvalue weighted by molar-refractivity contribution is 5.92. The van der Waals surface area contributed by atoms with Crippen LogP contribution in [-0.4, -0.2) is 148 Å². The lowest BCUT2D eigenvalue weighted by Gasteiger charge is -2.51. The number of allylic oxidation sites excluding steroid dienone is 2. The molecule has 0 amide bonds. The number of fused-ring (bicyclic) bond motifs is 3. The number of carbonyl (C=O) groups excluding carboxylic acids is 2. The molecule has 16 heteroatoms. The zero-order valence-corrected chi connectivity index (χ0v) is 34.8. The summed E-state index contributed by atoms with van der Waals surface area (Å²) in [6.45, 7) is 9.66. The molecule has 2 aliphatic carbocycles. The second kappa shape index (κ2) is 16.7. The van der Waals surface area contributed by atoms with E-state index < -0.39 is 104 Å². The van der Waals surface area contributed by atoms with Crippen LogP contribution in [0, 0.1) is 23.2 Å². The van der Waals surface area contributed by atoms with Crippen LogP contribution in [0.5, 0.6) is 0 Å². The van der Waals surface area contributed by atoms with Gasteiger partial charge in [-0.25, -0.2) is 4.79 Å². The molecule has 2 N–H and O–H groups in total. The standard InChI is InChI=1S/C42H62O16/c1-19-33(43)27(47-6)16-30(51-19)56-35-20(2)52-31(17-28(35)48-7)57-36-21(3)53-40(34(44)37(36)49-8)54-23-13-14-41(4)22(15-23)9-10-24-26(41)12-11-25-32-29(55-38(24)45)18-50-42(32,5)58-39(25)46/h9,11,19-21,23-24,26-37,40,43-44H,10,12-18H2,1-8H3/b25-11+/t19-,20-,21+,23+,24-,26+,27-,28-,29+,30+,31+,32-,33-,34+,35-,36+,37+,40-,41+,42-/m1/s1. The normalized spacial score (nSPS) is 51.4. The molecule has 0 aromatic rings. The van der Waals surface area contributed by atoms with Crippen LogP contribution < -0.4 is 0 Å². The molecular weight excluding hydrogens is 760 g/mol. The highest BCUT2D eigenvalue weighted by Gasteiger charge is 2.61. The fourth-order valence-electron chi connectivity index (χ4n) is 11.1. The number of aliphatic hydroxyl groups is 2. The number of ether oxygens (including phenoxy) is 12. The van der Waals surface area contributed by atoms with Crippen LogP contribution in [-0.2, 0) is 66.4 Å². The van der Waals surface area contributed by atoms with Crippen molar-refractivity contribution in [3.63, 3.8) is 0 Å². The van der Waals surface area contributed by atoms with Gasteiger partial charge >= 0.3 is 11.9 Å². The molecule has 0 spiro atoms. The van der Waals surface area contributed by atoms with Gasteiger partial charge in [0.2, 0.25) is 5.79 Å². The van der Waals surface area contributed by atoms with E-state index in [0.29, 0.717) is 44.1 Å². The predicted molar refractivity (Wildman–Crippen MR) is 199 cm³/mol. The van der Waals surface area contributed by atoms with Gasteiger partial charge in [0.25, 0.3) is 0 Å². The minimum Gasteiger partial charge on any atom is -0.459 e. The van der Waals surface area contributed by atoms with Gasteiger partial charge in [0.05, 0.1) is 55.1 Å². The van der Waals surface area contributed by atoms with Gasteiger partial charge in [-0.1, -0.05) is 24.6 Å². The molecule has 0 unspecified atom stereocenters. The fourth-order valence-corrected chi connectivity index (χ4v) is 11.1. The van der Waals surface area contributed by atoms with Crippen LogP contribution in [0.4, 0.5) is 0 Å². The van der Waals surface area contributed by atoms with Gasteiger partial charge in [0.15, 0.2) is 18.9 Å². The smallest absolute Gasteiger partial charge is 0.336 e. The number of hydrogen-bond donors (Lipinski definition) is 2. The minimum absolute atomic E-state index is 0.0780. The van der Waals surface area contributed by atoms with Gasteiger partial charge in [-0.2, -0.15) is 0 Å². The summed E-state index contributed by atoms with van der Waals surface area (Å²) in [4.78, 5) is 26.7. The quantitative estimate of drug-likeness (QED) is 0.255. The second-order valence-corrected chi connectivity index (χ2v) is 17.8. The van der Waals surface area contributed by atoms with Crippen LogP contribution in [0.25, 0.3) is 0 Å².